The summed E-state index contributed by atoms with van der Waals surface area (Å²) < 4.78 is 5.34. The molecule has 0 bridgehead atoms. The third-order valence-corrected chi connectivity index (χ3v) is 2.17. The molecule has 7 nitrogen and oxygen atoms in total. The number of pyridine rings is 2. The molecular weight excluding hydrogens is 236 g/mol. The van der Waals surface area contributed by atoms with Gasteiger partial charge in [0.05, 0.1) is 0 Å². The zero-order chi connectivity index (χ0) is 13.0. The van der Waals surface area contributed by atoms with Crippen molar-refractivity contribution in [2.75, 3.05) is 5.73 Å². The van der Waals surface area contributed by atoms with E-state index in [1.54, 1.807) is 24.4 Å². The molecule has 2 aromatic rings. The molecule has 0 atom stereocenters. The van der Waals surface area contributed by atoms with E-state index < -0.39 is 4.92 Å². The first kappa shape index (κ1) is 11.8. The lowest BCUT2D eigenvalue weighted by molar-refractivity contribution is -0.390. The first-order chi connectivity index (χ1) is 8.66. The quantitative estimate of drug-likeness (QED) is 0.648. The van der Waals surface area contributed by atoms with Gasteiger partial charge in [-0.15, -0.1) is 0 Å². The van der Waals surface area contributed by atoms with Crippen LogP contribution in [0.25, 0.3) is 0 Å². The van der Waals surface area contributed by atoms with Gasteiger partial charge in [-0.05, 0) is 28.1 Å². The second-order valence-electron chi connectivity index (χ2n) is 3.46. The zero-order valence-corrected chi connectivity index (χ0v) is 9.31. The molecule has 7 heteroatoms. The minimum atomic E-state index is -0.587. The van der Waals surface area contributed by atoms with E-state index in [0.29, 0.717) is 5.82 Å². The standard InChI is InChI=1S/C11H10N4O3/c12-10-4-3-8(6-14-10)7-18-9-2-1-5-13-11(9)15(16)17/h1-6H,7H2,(H2,12,14). The van der Waals surface area contributed by atoms with Gasteiger partial charge in [-0.1, -0.05) is 6.07 Å². The van der Waals surface area contributed by atoms with Crippen LogP contribution in [0.3, 0.4) is 0 Å². The Labute approximate surface area is 102 Å². The number of ether oxygens (including phenoxy) is 1. The highest BCUT2D eigenvalue weighted by atomic mass is 16.6. The van der Waals surface area contributed by atoms with Gasteiger partial charge in [0, 0.05) is 11.8 Å². The molecule has 2 heterocycles. The highest BCUT2D eigenvalue weighted by Gasteiger charge is 2.15. The summed E-state index contributed by atoms with van der Waals surface area (Å²) in [6.07, 6.45) is 2.90. The zero-order valence-electron chi connectivity index (χ0n) is 9.31. The Morgan fingerprint density at radius 3 is 2.83 bits per heavy atom. The molecule has 0 aliphatic carbocycles. The van der Waals surface area contributed by atoms with Crippen LogP contribution in [-0.2, 0) is 6.61 Å². The maximum atomic E-state index is 10.7. The normalized spacial score (nSPS) is 10.0. The average molecular weight is 246 g/mol. The molecule has 2 N–H and O–H groups in total. The molecule has 0 aliphatic rings. The third kappa shape index (κ3) is 2.70. The number of nitrogens with two attached hydrogens (primary N) is 1. The number of aromatic nitrogens is 2. The Morgan fingerprint density at radius 2 is 2.17 bits per heavy atom. The van der Waals surface area contributed by atoms with Gasteiger partial charge in [-0.3, -0.25) is 0 Å². The van der Waals surface area contributed by atoms with Crippen molar-refractivity contribution in [3.63, 3.8) is 0 Å². The predicted molar refractivity (Wildman–Crippen MR) is 63.9 cm³/mol. The molecule has 2 aromatic heterocycles. The minimum Gasteiger partial charge on any atom is -0.481 e. The summed E-state index contributed by atoms with van der Waals surface area (Å²) in [5.74, 6) is 0.228. The van der Waals surface area contributed by atoms with Crippen LogP contribution in [0.15, 0.2) is 36.7 Å². The maximum absolute atomic E-state index is 10.7. The Kier molecular flexibility index (Phi) is 3.33. The van der Waals surface area contributed by atoms with Crippen LogP contribution in [0, 0.1) is 10.1 Å². The molecule has 0 spiro atoms. The van der Waals surface area contributed by atoms with Gasteiger partial charge in [-0.25, -0.2) is 4.98 Å². The molecule has 0 aromatic carbocycles. The molecule has 0 saturated carbocycles. The Morgan fingerprint density at radius 1 is 1.33 bits per heavy atom. The lowest BCUT2D eigenvalue weighted by atomic mass is 10.3. The smallest absolute Gasteiger partial charge is 0.406 e. The highest BCUT2D eigenvalue weighted by Crippen LogP contribution is 2.23. The number of anilines is 1. The molecule has 0 saturated heterocycles. The van der Waals surface area contributed by atoms with Crippen molar-refractivity contribution in [2.45, 2.75) is 6.61 Å². The van der Waals surface area contributed by atoms with Gasteiger partial charge < -0.3 is 20.6 Å². The molecule has 0 fully saturated rings. The van der Waals surface area contributed by atoms with Gasteiger partial charge in [0.1, 0.15) is 18.6 Å². The van der Waals surface area contributed by atoms with Crippen molar-refractivity contribution in [2.24, 2.45) is 0 Å². The molecule has 0 aliphatic heterocycles. The van der Waals surface area contributed by atoms with Crippen molar-refractivity contribution in [1.29, 1.82) is 0 Å². The SMILES string of the molecule is Nc1ccc(COc2cccnc2[N+](=O)[O-])cn1. The topological polar surface area (TPSA) is 104 Å². The summed E-state index contributed by atoms with van der Waals surface area (Å²) >= 11 is 0. The summed E-state index contributed by atoms with van der Waals surface area (Å²) in [5, 5.41) is 10.7. The van der Waals surface area contributed by atoms with E-state index in [-0.39, 0.29) is 18.2 Å². The first-order valence-electron chi connectivity index (χ1n) is 5.09. The van der Waals surface area contributed by atoms with Crippen LogP contribution in [0.1, 0.15) is 5.56 Å². The summed E-state index contributed by atoms with van der Waals surface area (Å²) in [6.45, 7) is 0.166. The first-order valence-corrected chi connectivity index (χ1v) is 5.09. The van der Waals surface area contributed by atoms with Crippen LogP contribution in [0.4, 0.5) is 11.6 Å². The Hall–Kier alpha value is -2.70. The summed E-state index contributed by atoms with van der Waals surface area (Å²) in [6, 6.07) is 6.44. The van der Waals surface area contributed by atoms with E-state index >= 15 is 0 Å². The van der Waals surface area contributed by atoms with Crippen molar-refractivity contribution in [1.82, 2.24) is 9.97 Å². The molecule has 0 radical (unpaired) electrons. The van der Waals surface area contributed by atoms with Crippen molar-refractivity contribution >= 4 is 11.6 Å². The number of hydrogen-bond donors (Lipinski definition) is 1. The van der Waals surface area contributed by atoms with E-state index in [9.17, 15) is 10.1 Å². The summed E-state index contributed by atoms with van der Waals surface area (Å²) in [4.78, 5) is 17.7. The molecule has 2 rings (SSSR count). The lowest BCUT2D eigenvalue weighted by Crippen LogP contribution is -2.01. The van der Waals surface area contributed by atoms with Crippen LogP contribution >= 0.6 is 0 Å². The molecule has 92 valence electrons. The van der Waals surface area contributed by atoms with Gasteiger partial charge in [-0.2, -0.15) is 0 Å². The number of nitrogens with zero attached hydrogens (tertiary/aromatic N) is 3. The number of rotatable bonds is 4. The van der Waals surface area contributed by atoms with E-state index in [1.807, 2.05) is 0 Å². The molecule has 0 amide bonds. The Bertz CT molecular complexity index is 556. The van der Waals surface area contributed by atoms with E-state index in [0.717, 1.165) is 5.56 Å². The van der Waals surface area contributed by atoms with Crippen LogP contribution in [0.5, 0.6) is 5.75 Å². The summed E-state index contributed by atoms with van der Waals surface area (Å²) in [7, 11) is 0. The van der Waals surface area contributed by atoms with Gasteiger partial charge >= 0.3 is 5.82 Å². The fourth-order valence-corrected chi connectivity index (χ4v) is 1.31. The van der Waals surface area contributed by atoms with Crippen molar-refractivity contribution < 1.29 is 9.66 Å². The van der Waals surface area contributed by atoms with Gasteiger partial charge in [0.15, 0.2) is 0 Å². The second-order valence-corrected chi connectivity index (χ2v) is 3.46. The largest absolute Gasteiger partial charge is 0.481 e. The van der Waals surface area contributed by atoms with Crippen LogP contribution in [-0.4, -0.2) is 14.9 Å². The van der Waals surface area contributed by atoms with Crippen LogP contribution < -0.4 is 10.5 Å². The van der Waals surface area contributed by atoms with Crippen molar-refractivity contribution in [3.05, 3.63) is 52.3 Å². The highest BCUT2D eigenvalue weighted by molar-refractivity contribution is 5.38. The van der Waals surface area contributed by atoms with Gasteiger partial charge in [0.25, 0.3) is 0 Å². The van der Waals surface area contributed by atoms with E-state index in [4.69, 9.17) is 10.5 Å². The maximum Gasteiger partial charge on any atom is 0.406 e. The monoisotopic (exact) mass is 246 g/mol. The number of nitrogen functional groups attached to an aromatic ring is 1. The van der Waals surface area contributed by atoms with Crippen molar-refractivity contribution in [3.8, 4) is 5.75 Å². The Balaban J connectivity index is 2.10. The molecular formula is C11H10N4O3. The van der Waals surface area contributed by atoms with E-state index in [1.165, 1.54) is 12.3 Å². The second kappa shape index (κ2) is 5.09. The minimum absolute atomic E-state index is 0.124. The average Bonchev–Trinajstić information content (AvgIpc) is 2.38. The lowest BCUT2D eigenvalue weighted by Gasteiger charge is -2.05. The summed E-state index contributed by atoms with van der Waals surface area (Å²) in [5.41, 5.74) is 6.21. The molecule has 0 unspecified atom stereocenters. The van der Waals surface area contributed by atoms with E-state index in [2.05, 4.69) is 9.97 Å². The fraction of sp³-hybridized carbons (Fsp3) is 0.0909. The predicted octanol–water partition coefficient (Wildman–Crippen LogP) is 1.55. The third-order valence-electron chi connectivity index (χ3n) is 2.17. The number of hydrogen-bond acceptors (Lipinski definition) is 6. The number of nitro groups is 1. The fourth-order valence-electron chi connectivity index (χ4n) is 1.31. The molecule has 18 heavy (non-hydrogen) atoms. The van der Waals surface area contributed by atoms with Gasteiger partial charge in [0.2, 0.25) is 5.75 Å². The van der Waals surface area contributed by atoms with Crippen LogP contribution in [0.2, 0.25) is 0 Å².